The Balaban J connectivity index is 2.21. The summed E-state index contributed by atoms with van der Waals surface area (Å²) in [6.45, 7) is 2.63. The standard InChI is InChI=1S/C11H14N2O2/c1-3-8(2)13-7-10(14)12-6-4-5-9(12)11(13)15/h1,8-9H,4-7H2,2H3. The molecule has 2 unspecified atom stereocenters. The highest BCUT2D eigenvalue weighted by Crippen LogP contribution is 2.24. The lowest BCUT2D eigenvalue weighted by molar-refractivity contribution is -0.154. The van der Waals surface area contributed by atoms with E-state index in [1.165, 1.54) is 4.90 Å². The molecule has 2 atom stereocenters. The normalized spacial score (nSPS) is 27.6. The monoisotopic (exact) mass is 206 g/mol. The second kappa shape index (κ2) is 3.58. The summed E-state index contributed by atoms with van der Waals surface area (Å²) in [6, 6.07) is -0.536. The van der Waals surface area contributed by atoms with Crippen molar-refractivity contribution in [3.8, 4) is 12.3 Å². The first-order chi connectivity index (χ1) is 7.15. The first kappa shape index (κ1) is 10.0. The molecule has 2 saturated heterocycles. The quantitative estimate of drug-likeness (QED) is 0.559. The van der Waals surface area contributed by atoms with Gasteiger partial charge in [-0.15, -0.1) is 6.42 Å². The molecule has 15 heavy (non-hydrogen) atoms. The first-order valence-electron chi connectivity index (χ1n) is 5.21. The van der Waals surface area contributed by atoms with Crippen molar-refractivity contribution in [1.29, 1.82) is 0 Å². The van der Waals surface area contributed by atoms with E-state index < -0.39 is 0 Å². The molecule has 0 bridgehead atoms. The van der Waals surface area contributed by atoms with Gasteiger partial charge in [0, 0.05) is 6.54 Å². The number of piperazine rings is 1. The van der Waals surface area contributed by atoms with Gasteiger partial charge < -0.3 is 9.80 Å². The molecule has 0 radical (unpaired) electrons. The van der Waals surface area contributed by atoms with E-state index >= 15 is 0 Å². The van der Waals surface area contributed by atoms with E-state index in [1.54, 1.807) is 11.8 Å². The molecule has 0 aromatic heterocycles. The average Bonchev–Trinajstić information content (AvgIpc) is 2.71. The zero-order valence-corrected chi connectivity index (χ0v) is 8.77. The molecular formula is C11H14N2O2. The smallest absolute Gasteiger partial charge is 0.246 e. The summed E-state index contributed by atoms with van der Waals surface area (Å²) in [7, 11) is 0. The van der Waals surface area contributed by atoms with Gasteiger partial charge in [0.1, 0.15) is 12.6 Å². The number of carbonyl (C=O) groups excluding carboxylic acids is 2. The van der Waals surface area contributed by atoms with Gasteiger partial charge in [-0.05, 0) is 19.8 Å². The van der Waals surface area contributed by atoms with Crippen LogP contribution in [0, 0.1) is 12.3 Å². The Morgan fingerprint density at radius 1 is 1.53 bits per heavy atom. The van der Waals surface area contributed by atoms with E-state index in [0.717, 1.165) is 12.8 Å². The van der Waals surface area contributed by atoms with Crippen LogP contribution in [0.4, 0.5) is 0 Å². The molecule has 0 aromatic rings. The first-order valence-corrected chi connectivity index (χ1v) is 5.21. The van der Waals surface area contributed by atoms with Crippen molar-refractivity contribution >= 4 is 11.8 Å². The minimum absolute atomic E-state index is 0.0116. The highest BCUT2D eigenvalue weighted by molar-refractivity contribution is 5.95. The van der Waals surface area contributed by atoms with Crippen LogP contribution in [0.15, 0.2) is 0 Å². The predicted molar refractivity (Wildman–Crippen MR) is 54.7 cm³/mol. The number of rotatable bonds is 1. The third kappa shape index (κ3) is 1.48. The van der Waals surface area contributed by atoms with E-state index in [9.17, 15) is 9.59 Å². The number of carbonyl (C=O) groups is 2. The zero-order chi connectivity index (χ0) is 11.0. The van der Waals surface area contributed by atoms with E-state index in [-0.39, 0.29) is 30.4 Å². The minimum atomic E-state index is -0.288. The Labute approximate surface area is 89.2 Å². The number of terminal acetylenes is 1. The number of nitrogens with zero attached hydrogens (tertiary/aromatic N) is 2. The van der Waals surface area contributed by atoms with Crippen molar-refractivity contribution in [3.05, 3.63) is 0 Å². The molecule has 0 aliphatic carbocycles. The van der Waals surface area contributed by atoms with Crippen molar-refractivity contribution < 1.29 is 9.59 Å². The Morgan fingerprint density at radius 2 is 2.27 bits per heavy atom. The highest BCUT2D eigenvalue weighted by atomic mass is 16.2. The lowest BCUT2D eigenvalue weighted by Crippen LogP contribution is -2.59. The number of hydrogen-bond acceptors (Lipinski definition) is 2. The van der Waals surface area contributed by atoms with Crippen LogP contribution in [-0.4, -0.2) is 46.8 Å². The maximum absolute atomic E-state index is 12.0. The number of hydrogen-bond donors (Lipinski definition) is 0. The Morgan fingerprint density at radius 3 is 2.93 bits per heavy atom. The van der Waals surface area contributed by atoms with Crippen LogP contribution in [0.3, 0.4) is 0 Å². The lowest BCUT2D eigenvalue weighted by Gasteiger charge is -2.37. The van der Waals surface area contributed by atoms with Gasteiger partial charge in [0.25, 0.3) is 0 Å². The van der Waals surface area contributed by atoms with Gasteiger partial charge in [0.2, 0.25) is 11.8 Å². The van der Waals surface area contributed by atoms with Gasteiger partial charge in [-0.1, -0.05) is 5.92 Å². The number of amides is 2. The Hall–Kier alpha value is -1.50. The summed E-state index contributed by atoms with van der Waals surface area (Å²) in [5, 5.41) is 0. The van der Waals surface area contributed by atoms with E-state index in [1.807, 2.05) is 0 Å². The lowest BCUT2D eigenvalue weighted by atomic mass is 10.1. The van der Waals surface area contributed by atoms with Crippen molar-refractivity contribution in [3.63, 3.8) is 0 Å². The van der Waals surface area contributed by atoms with Crippen LogP contribution >= 0.6 is 0 Å². The molecule has 2 aliphatic heterocycles. The third-order valence-corrected chi connectivity index (χ3v) is 3.16. The fourth-order valence-electron chi connectivity index (χ4n) is 2.25. The van der Waals surface area contributed by atoms with Gasteiger partial charge in [0.15, 0.2) is 0 Å². The maximum Gasteiger partial charge on any atom is 0.246 e. The van der Waals surface area contributed by atoms with Crippen LogP contribution < -0.4 is 0 Å². The summed E-state index contributed by atoms with van der Waals surface area (Å²) in [4.78, 5) is 26.9. The number of fused-ring (bicyclic) bond motifs is 1. The SMILES string of the molecule is C#CC(C)N1CC(=O)N2CCCC2C1=O. The fraction of sp³-hybridized carbons (Fsp3) is 0.636. The minimum Gasteiger partial charge on any atom is -0.329 e. The van der Waals surface area contributed by atoms with Crippen LogP contribution in [0.5, 0.6) is 0 Å². The molecule has 2 heterocycles. The molecule has 2 rings (SSSR count). The zero-order valence-electron chi connectivity index (χ0n) is 8.77. The van der Waals surface area contributed by atoms with Gasteiger partial charge in [-0.3, -0.25) is 9.59 Å². The van der Waals surface area contributed by atoms with Crippen LogP contribution in [-0.2, 0) is 9.59 Å². The molecule has 0 spiro atoms. The molecule has 2 fully saturated rings. The second-order valence-corrected chi connectivity index (χ2v) is 4.05. The summed E-state index contributed by atoms with van der Waals surface area (Å²) in [6.07, 6.45) is 6.97. The van der Waals surface area contributed by atoms with Gasteiger partial charge >= 0.3 is 0 Å². The molecule has 4 heteroatoms. The average molecular weight is 206 g/mol. The summed E-state index contributed by atoms with van der Waals surface area (Å²) in [5.41, 5.74) is 0. The van der Waals surface area contributed by atoms with Crippen molar-refractivity contribution in [2.45, 2.75) is 31.8 Å². The van der Waals surface area contributed by atoms with E-state index in [4.69, 9.17) is 6.42 Å². The molecule has 2 aliphatic rings. The largest absolute Gasteiger partial charge is 0.329 e. The van der Waals surface area contributed by atoms with Crippen LogP contribution in [0.25, 0.3) is 0 Å². The van der Waals surface area contributed by atoms with Crippen LogP contribution in [0.2, 0.25) is 0 Å². The van der Waals surface area contributed by atoms with Crippen molar-refractivity contribution in [2.75, 3.05) is 13.1 Å². The Bertz CT molecular complexity index is 345. The molecule has 80 valence electrons. The third-order valence-electron chi connectivity index (χ3n) is 3.16. The maximum atomic E-state index is 12.0. The van der Waals surface area contributed by atoms with Gasteiger partial charge in [0.05, 0.1) is 6.04 Å². The summed E-state index contributed by atoms with van der Waals surface area (Å²) >= 11 is 0. The molecule has 4 nitrogen and oxygen atoms in total. The molecule has 0 aromatic carbocycles. The highest BCUT2D eigenvalue weighted by Gasteiger charge is 2.42. The van der Waals surface area contributed by atoms with E-state index in [2.05, 4.69) is 5.92 Å². The van der Waals surface area contributed by atoms with Gasteiger partial charge in [-0.2, -0.15) is 0 Å². The molecular weight excluding hydrogens is 192 g/mol. The Kier molecular flexibility index (Phi) is 2.39. The molecule has 2 amide bonds. The summed E-state index contributed by atoms with van der Waals surface area (Å²) < 4.78 is 0. The molecule has 0 N–H and O–H groups in total. The van der Waals surface area contributed by atoms with Crippen molar-refractivity contribution in [2.24, 2.45) is 0 Å². The second-order valence-electron chi connectivity index (χ2n) is 4.05. The predicted octanol–water partition coefficient (Wildman–Crippen LogP) is -0.159. The summed E-state index contributed by atoms with van der Waals surface area (Å²) in [5.74, 6) is 2.54. The van der Waals surface area contributed by atoms with Crippen molar-refractivity contribution in [1.82, 2.24) is 9.80 Å². The molecule has 0 saturated carbocycles. The van der Waals surface area contributed by atoms with E-state index in [0.29, 0.717) is 6.54 Å². The topological polar surface area (TPSA) is 40.6 Å². The fourth-order valence-corrected chi connectivity index (χ4v) is 2.25. The van der Waals surface area contributed by atoms with Crippen LogP contribution in [0.1, 0.15) is 19.8 Å². The van der Waals surface area contributed by atoms with Gasteiger partial charge in [-0.25, -0.2) is 0 Å².